The molecule has 0 nitrogen and oxygen atoms in total. The van der Waals surface area contributed by atoms with E-state index in [1.54, 1.807) is 0 Å². The molecule has 0 N–H and O–H groups in total. The highest BCUT2D eigenvalue weighted by Crippen LogP contribution is 2.29. The normalized spacial score (nSPS) is 11.6. The van der Waals surface area contributed by atoms with E-state index < -0.39 is 0 Å². The molecule has 1 aromatic rings. The van der Waals surface area contributed by atoms with Crippen LogP contribution in [0.4, 0.5) is 0 Å². The Morgan fingerprint density at radius 1 is 1.18 bits per heavy atom. The quantitative estimate of drug-likeness (QED) is 0.564. The zero-order valence-electron chi connectivity index (χ0n) is 7.19. The second-order valence-electron chi connectivity index (χ2n) is 3.29. The van der Waals surface area contributed by atoms with Crippen molar-refractivity contribution >= 4 is 11.6 Å². The Bertz CT molecular complexity index is 245. The first kappa shape index (κ1) is 8.61. The van der Waals surface area contributed by atoms with Crippen LogP contribution in [0.25, 0.3) is 0 Å². The van der Waals surface area contributed by atoms with Gasteiger partial charge in [0.05, 0.1) is 4.87 Å². The standard InChI is InChI=1S/C10H13Cl/c1-8-6-4-5-7-9(8)10(2,3)11/h4-7H,1-3H3. The van der Waals surface area contributed by atoms with Crippen molar-refractivity contribution in [1.82, 2.24) is 0 Å². The summed E-state index contributed by atoms with van der Waals surface area (Å²) < 4.78 is 0. The molecule has 0 unspecified atom stereocenters. The van der Waals surface area contributed by atoms with Crippen LogP contribution >= 0.6 is 11.6 Å². The molecule has 0 aliphatic rings. The maximum Gasteiger partial charge on any atom is 0.0641 e. The summed E-state index contributed by atoms with van der Waals surface area (Å²) in [6.07, 6.45) is 0. The molecule has 0 radical (unpaired) electrons. The van der Waals surface area contributed by atoms with E-state index in [0.29, 0.717) is 0 Å². The summed E-state index contributed by atoms with van der Waals surface area (Å²) in [5.74, 6) is 0. The highest BCUT2D eigenvalue weighted by molar-refractivity contribution is 6.23. The molecule has 0 spiro atoms. The molecular weight excluding hydrogens is 156 g/mol. The fraction of sp³-hybridized carbons (Fsp3) is 0.400. The van der Waals surface area contributed by atoms with Gasteiger partial charge in [-0.1, -0.05) is 24.3 Å². The topological polar surface area (TPSA) is 0 Å². The van der Waals surface area contributed by atoms with Crippen molar-refractivity contribution in [3.8, 4) is 0 Å². The van der Waals surface area contributed by atoms with Crippen LogP contribution in [0.15, 0.2) is 24.3 Å². The summed E-state index contributed by atoms with van der Waals surface area (Å²) in [7, 11) is 0. The summed E-state index contributed by atoms with van der Waals surface area (Å²) in [5, 5.41) is 0. The lowest BCUT2D eigenvalue weighted by molar-refractivity contribution is 0.759. The Morgan fingerprint density at radius 2 is 1.73 bits per heavy atom. The summed E-state index contributed by atoms with van der Waals surface area (Å²) >= 11 is 6.16. The van der Waals surface area contributed by atoms with Crippen LogP contribution in [-0.4, -0.2) is 0 Å². The summed E-state index contributed by atoms with van der Waals surface area (Å²) in [6, 6.07) is 8.20. The van der Waals surface area contributed by atoms with E-state index in [4.69, 9.17) is 11.6 Å². The summed E-state index contributed by atoms with van der Waals surface area (Å²) in [6.45, 7) is 6.10. The fourth-order valence-corrected chi connectivity index (χ4v) is 1.45. The van der Waals surface area contributed by atoms with Gasteiger partial charge in [0.25, 0.3) is 0 Å². The number of hydrogen-bond acceptors (Lipinski definition) is 0. The molecule has 60 valence electrons. The van der Waals surface area contributed by atoms with E-state index in [1.807, 2.05) is 26.0 Å². The molecule has 11 heavy (non-hydrogen) atoms. The maximum absolute atomic E-state index is 6.16. The lowest BCUT2D eigenvalue weighted by Crippen LogP contribution is -2.08. The SMILES string of the molecule is Cc1ccccc1C(C)(C)Cl. The largest absolute Gasteiger partial charge is 0.115 e. The van der Waals surface area contributed by atoms with Gasteiger partial charge in [0, 0.05) is 0 Å². The Kier molecular flexibility index (Phi) is 2.24. The van der Waals surface area contributed by atoms with Crippen LogP contribution in [0.3, 0.4) is 0 Å². The van der Waals surface area contributed by atoms with Crippen molar-refractivity contribution in [3.63, 3.8) is 0 Å². The third-order valence-electron chi connectivity index (χ3n) is 1.79. The third kappa shape index (κ3) is 1.97. The summed E-state index contributed by atoms with van der Waals surface area (Å²) in [4.78, 5) is -0.245. The molecule has 0 aliphatic heterocycles. The van der Waals surface area contributed by atoms with Crippen molar-refractivity contribution < 1.29 is 0 Å². The Labute approximate surface area is 73.2 Å². The molecule has 0 saturated carbocycles. The van der Waals surface area contributed by atoms with Crippen LogP contribution in [0.5, 0.6) is 0 Å². The third-order valence-corrected chi connectivity index (χ3v) is 1.99. The van der Waals surface area contributed by atoms with Crippen molar-refractivity contribution in [3.05, 3.63) is 35.4 Å². The minimum absolute atomic E-state index is 0.245. The zero-order chi connectivity index (χ0) is 8.48. The molecule has 0 atom stereocenters. The molecule has 0 bridgehead atoms. The average molecular weight is 169 g/mol. The molecule has 0 fully saturated rings. The molecule has 0 aliphatic carbocycles. The van der Waals surface area contributed by atoms with Gasteiger partial charge in [-0.25, -0.2) is 0 Å². The van der Waals surface area contributed by atoms with Gasteiger partial charge in [-0.05, 0) is 31.9 Å². The molecule has 0 heterocycles. The molecule has 1 aromatic carbocycles. The van der Waals surface area contributed by atoms with Crippen LogP contribution in [-0.2, 0) is 4.87 Å². The maximum atomic E-state index is 6.16. The zero-order valence-corrected chi connectivity index (χ0v) is 7.94. The number of aryl methyl sites for hydroxylation is 1. The second kappa shape index (κ2) is 2.86. The highest BCUT2D eigenvalue weighted by Gasteiger charge is 2.17. The smallest absolute Gasteiger partial charge is 0.0641 e. The van der Waals surface area contributed by atoms with Gasteiger partial charge < -0.3 is 0 Å². The lowest BCUT2D eigenvalue weighted by atomic mass is 9.98. The predicted molar refractivity (Wildman–Crippen MR) is 50.1 cm³/mol. The van der Waals surface area contributed by atoms with E-state index in [2.05, 4.69) is 19.1 Å². The lowest BCUT2D eigenvalue weighted by Gasteiger charge is -2.18. The van der Waals surface area contributed by atoms with Crippen molar-refractivity contribution in [2.75, 3.05) is 0 Å². The van der Waals surface area contributed by atoms with E-state index in [9.17, 15) is 0 Å². The molecule has 0 aromatic heterocycles. The van der Waals surface area contributed by atoms with E-state index >= 15 is 0 Å². The highest BCUT2D eigenvalue weighted by atomic mass is 35.5. The Balaban J connectivity index is 3.14. The van der Waals surface area contributed by atoms with Crippen LogP contribution in [0.2, 0.25) is 0 Å². The number of hydrogen-bond donors (Lipinski definition) is 0. The van der Waals surface area contributed by atoms with E-state index in [-0.39, 0.29) is 4.87 Å². The first-order valence-electron chi connectivity index (χ1n) is 3.77. The minimum atomic E-state index is -0.245. The predicted octanol–water partition coefficient (Wildman–Crippen LogP) is 3.47. The first-order chi connectivity index (χ1) is 5.02. The number of halogens is 1. The van der Waals surface area contributed by atoms with Gasteiger partial charge in [-0.2, -0.15) is 0 Å². The van der Waals surface area contributed by atoms with Gasteiger partial charge in [-0.15, -0.1) is 11.6 Å². The van der Waals surface area contributed by atoms with Gasteiger partial charge >= 0.3 is 0 Å². The van der Waals surface area contributed by atoms with E-state index in [1.165, 1.54) is 11.1 Å². The molecule has 1 rings (SSSR count). The monoisotopic (exact) mass is 168 g/mol. The molecule has 0 amide bonds. The Morgan fingerprint density at radius 3 is 2.09 bits per heavy atom. The van der Waals surface area contributed by atoms with Crippen LogP contribution < -0.4 is 0 Å². The molecule has 0 saturated heterocycles. The van der Waals surface area contributed by atoms with Crippen LogP contribution in [0.1, 0.15) is 25.0 Å². The number of rotatable bonds is 1. The van der Waals surface area contributed by atoms with Gasteiger partial charge in [0.1, 0.15) is 0 Å². The van der Waals surface area contributed by atoms with Crippen molar-refractivity contribution in [2.45, 2.75) is 25.6 Å². The van der Waals surface area contributed by atoms with E-state index in [0.717, 1.165) is 0 Å². The minimum Gasteiger partial charge on any atom is -0.115 e. The van der Waals surface area contributed by atoms with Crippen LogP contribution in [0, 0.1) is 6.92 Å². The number of alkyl halides is 1. The fourth-order valence-electron chi connectivity index (χ4n) is 1.24. The van der Waals surface area contributed by atoms with Gasteiger partial charge in [-0.3, -0.25) is 0 Å². The molecule has 1 heteroatoms. The van der Waals surface area contributed by atoms with Gasteiger partial charge in [0.2, 0.25) is 0 Å². The summed E-state index contributed by atoms with van der Waals surface area (Å²) in [5.41, 5.74) is 2.47. The van der Waals surface area contributed by atoms with Crippen molar-refractivity contribution in [1.29, 1.82) is 0 Å². The van der Waals surface area contributed by atoms with Crippen molar-refractivity contribution in [2.24, 2.45) is 0 Å². The average Bonchev–Trinajstić information content (AvgIpc) is 1.86. The Hall–Kier alpha value is -0.490. The van der Waals surface area contributed by atoms with Gasteiger partial charge in [0.15, 0.2) is 0 Å². The second-order valence-corrected chi connectivity index (χ2v) is 4.23. The first-order valence-corrected chi connectivity index (χ1v) is 4.14. The number of benzene rings is 1. The molecular formula is C10H13Cl.